The fraction of sp³-hybridized carbons (Fsp3) is 0.250. The highest BCUT2D eigenvalue weighted by molar-refractivity contribution is 5.97. The SMILES string of the molecule is O=C(NCCCC[C@H](NC(=O)OCc1ccccc1)C(=O)Nc1ccc(Nc2ccc(NC(=O)[C@H](CCCCNC(=O)OCc3ccccc3)NC(=O)OCc3ccccc3)cc2)cc1)OCc1ccccc1. The van der Waals surface area contributed by atoms with Crippen molar-refractivity contribution in [1.82, 2.24) is 21.3 Å². The van der Waals surface area contributed by atoms with E-state index >= 15 is 0 Å². The normalized spacial score (nSPS) is 11.3. The minimum absolute atomic E-state index is 0.0332. The van der Waals surface area contributed by atoms with E-state index in [1.807, 2.05) is 121 Å². The van der Waals surface area contributed by atoms with Crippen LogP contribution >= 0.6 is 0 Å². The lowest BCUT2D eigenvalue weighted by Gasteiger charge is -2.19. The first-order valence-electron chi connectivity index (χ1n) is 24.1. The lowest BCUT2D eigenvalue weighted by atomic mass is 10.1. The maximum atomic E-state index is 13.6. The Labute approximate surface area is 424 Å². The Balaban J connectivity index is 0.968. The van der Waals surface area contributed by atoms with Gasteiger partial charge in [0.05, 0.1) is 0 Å². The fourth-order valence-electron chi connectivity index (χ4n) is 7.13. The molecule has 0 fully saturated rings. The van der Waals surface area contributed by atoms with Crippen LogP contribution in [0.15, 0.2) is 170 Å². The van der Waals surface area contributed by atoms with Gasteiger partial charge in [0.15, 0.2) is 0 Å². The minimum Gasteiger partial charge on any atom is -0.445 e. The van der Waals surface area contributed by atoms with Crippen LogP contribution in [-0.4, -0.2) is 61.4 Å². The molecular weight excluding hydrogens is 931 g/mol. The summed E-state index contributed by atoms with van der Waals surface area (Å²) in [7, 11) is 0. The van der Waals surface area contributed by atoms with Crippen LogP contribution in [0.1, 0.15) is 60.8 Å². The largest absolute Gasteiger partial charge is 0.445 e. The Morgan fingerprint density at radius 1 is 0.342 bits per heavy atom. The van der Waals surface area contributed by atoms with E-state index in [0.29, 0.717) is 61.5 Å². The molecule has 6 aromatic rings. The Morgan fingerprint density at radius 3 is 0.945 bits per heavy atom. The molecule has 6 rings (SSSR count). The van der Waals surface area contributed by atoms with Crippen LogP contribution in [0.4, 0.5) is 41.9 Å². The number of nitrogens with one attached hydrogen (secondary N) is 7. The maximum Gasteiger partial charge on any atom is 0.408 e. The zero-order chi connectivity index (χ0) is 51.3. The molecule has 6 amide bonds. The van der Waals surface area contributed by atoms with Crippen LogP contribution < -0.4 is 37.2 Å². The third-order valence-electron chi connectivity index (χ3n) is 11.0. The molecular formula is C56H61N7O10. The third kappa shape index (κ3) is 20.6. The second kappa shape index (κ2) is 30.0. The molecule has 0 saturated carbocycles. The van der Waals surface area contributed by atoms with Crippen molar-refractivity contribution >= 4 is 58.9 Å². The molecule has 17 nitrogen and oxygen atoms in total. The van der Waals surface area contributed by atoms with E-state index in [1.165, 1.54) is 0 Å². The highest BCUT2D eigenvalue weighted by atomic mass is 16.6. The fourth-order valence-corrected chi connectivity index (χ4v) is 7.13. The molecule has 6 aromatic carbocycles. The number of anilines is 4. The number of amides is 6. The van der Waals surface area contributed by atoms with Gasteiger partial charge in [0.1, 0.15) is 38.5 Å². The number of carbonyl (C=O) groups excluding carboxylic acids is 6. The van der Waals surface area contributed by atoms with E-state index in [0.717, 1.165) is 22.3 Å². The highest BCUT2D eigenvalue weighted by Gasteiger charge is 2.23. The quantitative estimate of drug-likeness (QED) is 0.0200. The summed E-state index contributed by atoms with van der Waals surface area (Å²) >= 11 is 0. The summed E-state index contributed by atoms with van der Waals surface area (Å²) in [4.78, 5) is 77.2. The molecule has 380 valence electrons. The van der Waals surface area contributed by atoms with Gasteiger partial charge in [-0.05, 0) is 109 Å². The molecule has 73 heavy (non-hydrogen) atoms. The van der Waals surface area contributed by atoms with Crippen LogP contribution in [0.5, 0.6) is 0 Å². The molecule has 0 saturated heterocycles. The number of hydrogen-bond donors (Lipinski definition) is 7. The second-order valence-electron chi connectivity index (χ2n) is 16.7. The lowest BCUT2D eigenvalue weighted by molar-refractivity contribution is -0.119. The molecule has 17 heteroatoms. The van der Waals surface area contributed by atoms with Crippen molar-refractivity contribution in [3.05, 3.63) is 192 Å². The van der Waals surface area contributed by atoms with Gasteiger partial charge in [0.25, 0.3) is 0 Å². The van der Waals surface area contributed by atoms with Gasteiger partial charge in [0, 0.05) is 35.8 Å². The monoisotopic (exact) mass is 991 g/mol. The zero-order valence-electron chi connectivity index (χ0n) is 40.4. The Kier molecular flexibility index (Phi) is 22.0. The number of benzene rings is 6. The van der Waals surface area contributed by atoms with Crippen LogP contribution in [0.3, 0.4) is 0 Å². The summed E-state index contributed by atoms with van der Waals surface area (Å²) < 4.78 is 21.3. The number of alkyl carbamates (subject to hydrolysis) is 4. The molecule has 0 aliphatic heterocycles. The van der Waals surface area contributed by atoms with Gasteiger partial charge in [-0.3, -0.25) is 9.59 Å². The minimum atomic E-state index is -0.935. The summed E-state index contributed by atoms with van der Waals surface area (Å²) in [5, 5.41) is 19.9. The highest BCUT2D eigenvalue weighted by Crippen LogP contribution is 2.22. The Hall–Kier alpha value is -8.86. The van der Waals surface area contributed by atoms with E-state index in [-0.39, 0.29) is 39.3 Å². The van der Waals surface area contributed by atoms with Crippen molar-refractivity contribution in [1.29, 1.82) is 0 Å². The summed E-state index contributed by atoms with van der Waals surface area (Å²) in [6, 6.07) is 49.2. The number of hydrogen-bond acceptors (Lipinski definition) is 11. The Bertz CT molecular complexity index is 2450. The van der Waals surface area contributed by atoms with Crippen molar-refractivity contribution < 1.29 is 47.7 Å². The number of ether oxygens (including phenoxy) is 4. The van der Waals surface area contributed by atoms with Crippen molar-refractivity contribution in [2.75, 3.05) is 29.0 Å². The average Bonchev–Trinajstić information content (AvgIpc) is 3.42. The molecule has 0 aliphatic rings. The average molecular weight is 992 g/mol. The molecule has 0 aliphatic carbocycles. The third-order valence-corrected chi connectivity index (χ3v) is 11.0. The van der Waals surface area contributed by atoms with Gasteiger partial charge in [-0.25, -0.2) is 19.2 Å². The summed E-state index contributed by atoms with van der Waals surface area (Å²) in [5.74, 6) is -0.888. The number of unbranched alkanes of at least 4 members (excludes halogenated alkanes) is 2. The lowest BCUT2D eigenvalue weighted by Crippen LogP contribution is -2.44. The van der Waals surface area contributed by atoms with Crippen molar-refractivity contribution in [2.24, 2.45) is 0 Å². The van der Waals surface area contributed by atoms with Crippen molar-refractivity contribution in [3.8, 4) is 0 Å². The number of carbonyl (C=O) groups is 6. The maximum absolute atomic E-state index is 13.6. The van der Waals surface area contributed by atoms with Gasteiger partial charge in [-0.2, -0.15) is 0 Å². The first-order chi connectivity index (χ1) is 35.6. The predicted octanol–water partition coefficient (Wildman–Crippen LogP) is 10.1. The molecule has 0 bridgehead atoms. The smallest absolute Gasteiger partial charge is 0.408 e. The van der Waals surface area contributed by atoms with Gasteiger partial charge in [0.2, 0.25) is 11.8 Å². The van der Waals surface area contributed by atoms with E-state index in [2.05, 4.69) is 37.2 Å². The van der Waals surface area contributed by atoms with Gasteiger partial charge in [-0.15, -0.1) is 0 Å². The van der Waals surface area contributed by atoms with Crippen LogP contribution in [0.2, 0.25) is 0 Å². The Morgan fingerprint density at radius 2 is 0.630 bits per heavy atom. The van der Waals surface area contributed by atoms with E-state index in [1.54, 1.807) is 48.5 Å². The van der Waals surface area contributed by atoms with Crippen molar-refractivity contribution in [3.63, 3.8) is 0 Å². The van der Waals surface area contributed by atoms with E-state index in [4.69, 9.17) is 18.9 Å². The van der Waals surface area contributed by atoms with E-state index in [9.17, 15) is 28.8 Å². The topological polar surface area (TPSA) is 224 Å². The first-order valence-corrected chi connectivity index (χ1v) is 24.1. The zero-order valence-corrected chi connectivity index (χ0v) is 40.4. The summed E-state index contributed by atoms with van der Waals surface area (Å²) in [6.07, 6.45) is 0.0131. The first kappa shape index (κ1) is 53.5. The summed E-state index contributed by atoms with van der Waals surface area (Å²) in [6.45, 7) is 0.992. The molecule has 0 aromatic heterocycles. The molecule has 0 radical (unpaired) electrons. The van der Waals surface area contributed by atoms with Gasteiger partial charge >= 0.3 is 24.4 Å². The van der Waals surface area contributed by atoms with Gasteiger partial charge in [-0.1, -0.05) is 121 Å². The van der Waals surface area contributed by atoms with Crippen molar-refractivity contribution in [2.45, 2.75) is 77.0 Å². The second-order valence-corrected chi connectivity index (χ2v) is 16.7. The van der Waals surface area contributed by atoms with Gasteiger partial charge < -0.3 is 56.2 Å². The van der Waals surface area contributed by atoms with E-state index < -0.39 is 48.3 Å². The van der Waals surface area contributed by atoms with Crippen LogP contribution in [0, 0.1) is 0 Å². The van der Waals surface area contributed by atoms with Crippen LogP contribution in [0.25, 0.3) is 0 Å². The predicted molar refractivity (Wildman–Crippen MR) is 277 cm³/mol. The summed E-state index contributed by atoms with van der Waals surface area (Å²) in [5.41, 5.74) is 5.74. The number of rotatable bonds is 26. The molecule has 0 heterocycles. The molecule has 7 N–H and O–H groups in total. The molecule has 0 spiro atoms. The standard InChI is InChI=1S/C56H61N7O10/c64-51(49(62-55(68)72-39-43-21-9-3-10-22-43)25-13-15-35-57-53(66)70-37-41-17-5-1-6-18-41)60-47-31-27-45(28-32-47)59-46-29-33-48(34-30-46)61-52(65)50(63-56(69)73-40-44-23-11-4-12-24-44)26-14-16-36-58-54(67)71-38-42-19-7-2-8-20-42/h1-12,17-24,27-34,49-50,59H,13-16,25-26,35-40H2,(H,57,66)(H,58,67)(H,60,64)(H,61,65)(H,62,68)(H,63,69)/t49-,50-/m0/s1. The molecule has 0 unspecified atom stereocenters. The van der Waals surface area contributed by atoms with Crippen LogP contribution in [-0.2, 0) is 55.0 Å². The molecule has 2 atom stereocenters.